The fourth-order valence-electron chi connectivity index (χ4n) is 3.76. The van der Waals surface area contributed by atoms with Gasteiger partial charge in [-0.2, -0.15) is 9.59 Å². The molecule has 0 aliphatic rings. The molecule has 0 aliphatic carbocycles. The second kappa shape index (κ2) is 26.5. The number of thiazole rings is 1. The second-order valence-electron chi connectivity index (χ2n) is 9.90. The number of esters is 1. The van der Waals surface area contributed by atoms with Gasteiger partial charge in [-0.25, -0.2) is 15.0 Å². The van der Waals surface area contributed by atoms with E-state index in [9.17, 15) is 9.59 Å². The van der Waals surface area contributed by atoms with E-state index in [2.05, 4.69) is 65.6 Å². The summed E-state index contributed by atoms with van der Waals surface area (Å²) in [4.78, 5) is 60.7. The third-order valence-electron chi connectivity index (χ3n) is 6.05. The predicted molar refractivity (Wildman–Crippen MR) is 212 cm³/mol. The first-order chi connectivity index (χ1) is 25.5. The van der Waals surface area contributed by atoms with Crippen LogP contribution in [0.1, 0.15) is 47.3 Å². The average Bonchev–Trinajstić information content (AvgIpc) is 3.58. The van der Waals surface area contributed by atoms with Crippen molar-refractivity contribution < 1.29 is 29.0 Å². The van der Waals surface area contributed by atoms with Gasteiger partial charge in [0.2, 0.25) is 5.78 Å². The fraction of sp³-hybridized carbons (Fsp3) is 0.250. The lowest BCUT2D eigenvalue weighted by molar-refractivity contribution is -0.191. The number of nitrogens with one attached hydrogen (secondary N) is 2. The van der Waals surface area contributed by atoms with Crippen molar-refractivity contribution in [2.75, 3.05) is 23.8 Å². The van der Waals surface area contributed by atoms with E-state index in [0.29, 0.717) is 0 Å². The minimum absolute atomic E-state index is 0.242. The highest BCUT2D eigenvalue weighted by Gasteiger charge is 2.26. The first kappa shape index (κ1) is 45.7. The van der Waals surface area contributed by atoms with Crippen molar-refractivity contribution in [2.45, 2.75) is 45.9 Å². The number of nitrogens with zero attached hydrogens (tertiary/aromatic N) is 5. The number of aliphatic hydroxyl groups excluding tert-OH is 1. The summed E-state index contributed by atoms with van der Waals surface area (Å²) in [5.41, 5.74) is 9.52. The van der Waals surface area contributed by atoms with Gasteiger partial charge >= 0.3 is 12.1 Å². The van der Waals surface area contributed by atoms with E-state index in [-0.39, 0.29) is 30.2 Å². The largest absolute Gasteiger partial charge is 0.465 e. The highest BCUT2D eigenvalue weighted by atomic mass is 79.9. The number of aliphatic hydroxyl groups is 1. The number of nitrogens with two attached hydrogens (primary N) is 1. The molecule has 0 aromatic carbocycles. The topological polar surface area (TPSA) is 212 Å². The van der Waals surface area contributed by atoms with E-state index in [1.807, 2.05) is 56.3 Å². The van der Waals surface area contributed by atoms with Crippen LogP contribution in [-0.2, 0) is 25.5 Å². The molecule has 5 aromatic heterocycles. The number of hydrogen-bond donors (Lipinski definition) is 4. The third kappa shape index (κ3) is 17.2. The van der Waals surface area contributed by atoms with Crippen LogP contribution in [0.4, 0.5) is 16.8 Å². The summed E-state index contributed by atoms with van der Waals surface area (Å²) in [6.07, 6.45) is 7.95. The number of carbonyl (C=O) groups is 2. The summed E-state index contributed by atoms with van der Waals surface area (Å²) in [7, 11) is 0. The van der Waals surface area contributed by atoms with Gasteiger partial charge < -0.3 is 26.2 Å². The van der Waals surface area contributed by atoms with Crippen LogP contribution in [-0.4, -0.2) is 71.1 Å². The van der Waals surface area contributed by atoms with Gasteiger partial charge in [0.1, 0.15) is 23.0 Å². The lowest BCUT2D eigenvalue weighted by atomic mass is 10.2. The molecule has 5 rings (SSSR count). The Kier molecular flexibility index (Phi) is 22.8. The number of rotatable bonds is 9. The quantitative estimate of drug-likeness (QED) is 0.0424. The lowest BCUT2D eigenvalue weighted by Crippen LogP contribution is -2.27. The molecule has 14 nitrogen and oxygen atoms in total. The number of Topliss-reactive ketones (excluding diaryl/α,β-unsaturated/α-hetero) is 1. The average molecular weight is 826 g/mol. The molecule has 17 heteroatoms. The minimum Gasteiger partial charge on any atom is -0.465 e. The van der Waals surface area contributed by atoms with Crippen LogP contribution in [0, 0.1) is 13.8 Å². The van der Waals surface area contributed by atoms with Crippen LogP contribution in [0.3, 0.4) is 0 Å². The molecule has 0 saturated carbocycles. The number of alkyl halides is 1. The molecule has 0 bridgehead atoms. The summed E-state index contributed by atoms with van der Waals surface area (Å²) in [6.45, 7) is 9.96. The maximum atomic E-state index is 11.7. The Morgan fingerprint density at radius 3 is 1.92 bits per heavy atom. The first-order valence-corrected chi connectivity index (χ1v) is 18.0. The van der Waals surface area contributed by atoms with Crippen LogP contribution in [0.25, 0.3) is 11.4 Å². The van der Waals surface area contributed by atoms with Crippen molar-refractivity contribution in [1.29, 1.82) is 0 Å². The lowest BCUT2D eigenvalue weighted by Gasteiger charge is -2.06. The Morgan fingerprint density at radius 1 is 0.906 bits per heavy atom. The number of aryl methyl sites for hydroxylation is 3. The van der Waals surface area contributed by atoms with Crippen molar-refractivity contribution in [3.8, 4) is 11.4 Å². The van der Waals surface area contributed by atoms with E-state index in [0.717, 1.165) is 45.7 Å². The summed E-state index contributed by atoms with van der Waals surface area (Å²) in [5.74, 6) is 0.587. The summed E-state index contributed by atoms with van der Waals surface area (Å²) < 4.78 is 4.71. The Bertz CT molecular complexity index is 1880. The summed E-state index contributed by atoms with van der Waals surface area (Å²) >= 11 is 9.30. The Labute approximate surface area is 325 Å². The van der Waals surface area contributed by atoms with E-state index < -0.39 is 16.6 Å². The van der Waals surface area contributed by atoms with Crippen molar-refractivity contribution >= 4 is 79.3 Å². The number of anilines is 3. The molecule has 0 fully saturated rings. The monoisotopic (exact) mass is 824 g/mol. The number of hydrogen-bond acceptors (Lipinski definition) is 14. The van der Waals surface area contributed by atoms with E-state index >= 15 is 0 Å². The molecule has 0 spiro atoms. The van der Waals surface area contributed by atoms with Crippen LogP contribution in [0.15, 0.2) is 85.5 Å². The number of halogens is 1. The molecule has 5 aromatic rings. The standard InChI is InChI=1S/C16H16N4S.C10H10BrNO3.C7H9N3S.C2H6O.CO2/c1-3-13-14(12-8-4-5-9-17-12)19-16(21-13)20-15-11(2)7-6-10-18-15;1-2-15-10(14)8(11)9(13)7-5-3-4-6-12-7;1-5-3-2-4-9-6(5)10-7(8)11;1-2-3;2-1-3/h4-10H,3H2,1-2H3,(H,18,19,20);3-6,8H,2H2,1H3;2-4H,1H3,(H3,8,9,10,11);3H,2H2,1H3;. The molecule has 0 amide bonds. The first-order valence-electron chi connectivity index (χ1n) is 15.9. The number of pyridine rings is 4. The molecule has 1 atom stereocenters. The van der Waals surface area contributed by atoms with Crippen LogP contribution in [0.2, 0.25) is 0 Å². The van der Waals surface area contributed by atoms with E-state index in [4.69, 9.17) is 30.2 Å². The number of ketones is 1. The maximum Gasteiger partial charge on any atom is 0.373 e. The molecule has 0 radical (unpaired) electrons. The highest BCUT2D eigenvalue weighted by Crippen LogP contribution is 2.32. The van der Waals surface area contributed by atoms with E-state index in [1.54, 1.807) is 62.0 Å². The number of thiocarbonyl (C=S) groups is 1. The number of carbonyl (C=O) groups excluding carboxylic acids is 4. The summed E-state index contributed by atoms with van der Waals surface area (Å²) in [6, 6.07) is 18.6. The summed E-state index contributed by atoms with van der Waals surface area (Å²) in [5, 5.41) is 14.7. The van der Waals surface area contributed by atoms with Gasteiger partial charge in [-0.05, 0) is 93.9 Å². The molecule has 280 valence electrons. The van der Waals surface area contributed by atoms with Gasteiger partial charge in [-0.3, -0.25) is 19.6 Å². The molecular weight excluding hydrogens is 784 g/mol. The van der Waals surface area contributed by atoms with Crippen molar-refractivity contribution in [1.82, 2.24) is 24.9 Å². The third-order valence-corrected chi connectivity index (χ3v) is 8.06. The molecule has 5 N–H and O–H groups in total. The molecule has 0 aliphatic heterocycles. The molecule has 5 heterocycles. The zero-order chi connectivity index (χ0) is 39.6. The van der Waals surface area contributed by atoms with Crippen molar-refractivity contribution in [2.24, 2.45) is 5.73 Å². The zero-order valence-corrected chi connectivity index (χ0v) is 33.0. The Morgan fingerprint density at radius 2 is 1.45 bits per heavy atom. The predicted octanol–water partition coefficient (Wildman–Crippen LogP) is 6.27. The molecule has 1 unspecified atom stereocenters. The van der Waals surface area contributed by atoms with Gasteiger partial charge in [0.15, 0.2) is 15.1 Å². The molecule has 53 heavy (non-hydrogen) atoms. The van der Waals surface area contributed by atoms with Crippen LogP contribution in [0.5, 0.6) is 0 Å². The van der Waals surface area contributed by atoms with Crippen molar-refractivity contribution in [3.63, 3.8) is 0 Å². The smallest absolute Gasteiger partial charge is 0.373 e. The minimum atomic E-state index is -0.979. The van der Waals surface area contributed by atoms with Gasteiger partial charge in [-0.1, -0.05) is 47.1 Å². The van der Waals surface area contributed by atoms with Gasteiger partial charge in [0, 0.05) is 36.3 Å². The number of aromatic nitrogens is 5. The Balaban J connectivity index is 0.000000386. The van der Waals surface area contributed by atoms with Gasteiger partial charge in [-0.15, -0.1) is 11.3 Å². The normalized spacial score (nSPS) is 9.94. The molecule has 0 saturated heterocycles. The Hall–Kier alpha value is -5.32. The molecular formula is C36H41BrN8O6S2. The van der Waals surface area contributed by atoms with Crippen molar-refractivity contribution in [3.05, 3.63) is 107 Å². The number of ether oxygens (including phenoxy) is 1. The zero-order valence-electron chi connectivity index (χ0n) is 29.8. The SMILES string of the molecule is CCO.CCOC(=O)C(Br)C(=O)c1ccccn1.CCc1sc(Nc2ncccc2C)nc1-c1ccccn1.Cc1cccnc1NC(N)=S.O=C=O. The van der Waals surface area contributed by atoms with Gasteiger partial charge in [0.25, 0.3) is 0 Å². The highest BCUT2D eigenvalue weighted by molar-refractivity contribution is 9.10. The van der Waals surface area contributed by atoms with Gasteiger partial charge in [0.05, 0.1) is 12.3 Å². The fourth-order valence-corrected chi connectivity index (χ4v) is 5.13. The van der Waals surface area contributed by atoms with E-state index in [1.165, 1.54) is 11.1 Å². The van der Waals surface area contributed by atoms with Crippen LogP contribution < -0.4 is 16.4 Å². The maximum absolute atomic E-state index is 11.7. The van der Waals surface area contributed by atoms with Crippen LogP contribution >= 0.6 is 39.5 Å². The second-order valence-corrected chi connectivity index (χ2v) is 12.3.